The Balaban J connectivity index is 1.81. The van der Waals surface area contributed by atoms with Gasteiger partial charge in [-0.1, -0.05) is 0 Å². The summed E-state index contributed by atoms with van der Waals surface area (Å²) in [5.41, 5.74) is 3.23. The number of anilines is 1. The fourth-order valence-electron chi connectivity index (χ4n) is 2.19. The minimum atomic E-state index is 0.0483. The molecule has 17 heavy (non-hydrogen) atoms. The van der Waals surface area contributed by atoms with Crippen molar-refractivity contribution in [1.29, 1.82) is 0 Å². The van der Waals surface area contributed by atoms with E-state index >= 15 is 0 Å². The Morgan fingerprint density at radius 2 is 2.24 bits per heavy atom. The van der Waals surface area contributed by atoms with Crippen LogP contribution in [0.4, 0.5) is 5.69 Å². The number of fused-ring (bicyclic) bond motifs is 1. The molecule has 0 saturated carbocycles. The van der Waals surface area contributed by atoms with E-state index in [9.17, 15) is 0 Å². The van der Waals surface area contributed by atoms with Gasteiger partial charge in [-0.25, -0.2) is 0 Å². The molecule has 1 aliphatic rings. The maximum atomic E-state index is 5.48. The quantitative estimate of drug-likeness (QED) is 0.856. The number of benzene rings is 1. The number of nitrogens with zero attached hydrogens (tertiary/aromatic N) is 2. The van der Waals surface area contributed by atoms with Crippen LogP contribution in [0.1, 0.15) is 19.3 Å². The molecular weight excluding hydrogens is 281 g/mol. The van der Waals surface area contributed by atoms with Gasteiger partial charge >= 0.3 is 106 Å². The SMILES string of the molecule is c1cc(NC2CCCOCC2)c2n[se]nc2c1. The number of nitrogens with one attached hydrogen (secondary N) is 1. The van der Waals surface area contributed by atoms with Crippen molar-refractivity contribution in [3.63, 3.8) is 0 Å². The van der Waals surface area contributed by atoms with Gasteiger partial charge in [0.1, 0.15) is 0 Å². The van der Waals surface area contributed by atoms with E-state index in [1.807, 2.05) is 6.07 Å². The van der Waals surface area contributed by atoms with Gasteiger partial charge in [-0.3, -0.25) is 0 Å². The van der Waals surface area contributed by atoms with Gasteiger partial charge in [0.15, 0.2) is 0 Å². The second-order valence-corrected chi connectivity index (χ2v) is 5.43. The van der Waals surface area contributed by atoms with E-state index in [0.29, 0.717) is 6.04 Å². The standard InChI is InChI=1S/C12H15N3OSe/c1-4-10(12-11(5-1)14-17-15-12)13-9-3-2-7-16-8-6-9/h1,4-5,9,13H,2-3,6-8H2. The third-order valence-corrected chi connectivity index (χ3v) is 4.24. The molecule has 1 aromatic carbocycles. The predicted octanol–water partition coefficient (Wildman–Crippen LogP) is 1.67. The molecule has 90 valence electrons. The fraction of sp³-hybridized carbons (Fsp3) is 0.500. The van der Waals surface area contributed by atoms with Crippen LogP contribution in [0.3, 0.4) is 0 Å². The summed E-state index contributed by atoms with van der Waals surface area (Å²) in [6.07, 6.45) is 3.38. The summed E-state index contributed by atoms with van der Waals surface area (Å²) >= 11 is 0.0483. The molecule has 3 rings (SSSR count). The molecule has 0 amide bonds. The van der Waals surface area contributed by atoms with E-state index in [1.54, 1.807) is 0 Å². The van der Waals surface area contributed by atoms with Crippen LogP contribution in [0.25, 0.3) is 11.0 Å². The molecular formula is C12H15N3OSe. The Hall–Kier alpha value is -0.901. The van der Waals surface area contributed by atoms with Crippen LogP contribution < -0.4 is 5.32 Å². The van der Waals surface area contributed by atoms with Gasteiger partial charge in [-0.15, -0.1) is 0 Å². The van der Waals surface area contributed by atoms with Crippen molar-refractivity contribution in [2.45, 2.75) is 25.3 Å². The molecule has 1 unspecified atom stereocenters. The van der Waals surface area contributed by atoms with Gasteiger partial charge in [-0.2, -0.15) is 0 Å². The van der Waals surface area contributed by atoms with Gasteiger partial charge in [0.25, 0.3) is 0 Å². The molecule has 2 heterocycles. The zero-order chi connectivity index (χ0) is 11.5. The van der Waals surface area contributed by atoms with Gasteiger partial charge in [0, 0.05) is 0 Å². The molecule has 0 bridgehead atoms. The average molecular weight is 296 g/mol. The normalized spacial score (nSPS) is 21.3. The number of hydrogen-bond acceptors (Lipinski definition) is 4. The molecule has 0 aliphatic carbocycles. The summed E-state index contributed by atoms with van der Waals surface area (Å²) in [4.78, 5) is 0. The first-order valence-corrected chi connectivity index (χ1v) is 7.52. The number of hydrogen-bond donors (Lipinski definition) is 1. The van der Waals surface area contributed by atoms with Gasteiger partial charge in [-0.05, 0) is 0 Å². The monoisotopic (exact) mass is 297 g/mol. The summed E-state index contributed by atoms with van der Waals surface area (Å²) < 4.78 is 14.4. The molecule has 1 atom stereocenters. The first-order valence-electron chi connectivity index (χ1n) is 5.99. The molecule has 2 aromatic rings. The molecule has 1 aromatic heterocycles. The van der Waals surface area contributed by atoms with Crippen molar-refractivity contribution in [3.05, 3.63) is 18.2 Å². The first-order chi connectivity index (χ1) is 8.43. The minimum absolute atomic E-state index is 0.0483. The Kier molecular flexibility index (Phi) is 3.41. The predicted molar refractivity (Wildman–Crippen MR) is 68.6 cm³/mol. The van der Waals surface area contributed by atoms with Crippen molar-refractivity contribution in [1.82, 2.24) is 7.96 Å². The summed E-state index contributed by atoms with van der Waals surface area (Å²) in [6, 6.07) is 6.70. The molecule has 4 nitrogen and oxygen atoms in total. The van der Waals surface area contributed by atoms with Crippen molar-refractivity contribution < 1.29 is 4.74 Å². The molecule has 0 spiro atoms. The van der Waals surface area contributed by atoms with E-state index in [1.165, 1.54) is 6.42 Å². The summed E-state index contributed by atoms with van der Waals surface area (Å²) in [7, 11) is 0. The third-order valence-electron chi connectivity index (χ3n) is 3.10. The molecule has 1 saturated heterocycles. The molecule has 0 radical (unpaired) electrons. The fourth-order valence-corrected chi connectivity index (χ4v) is 3.34. The van der Waals surface area contributed by atoms with E-state index in [4.69, 9.17) is 4.74 Å². The van der Waals surface area contributed by atoms with Crippen LogP contribution in [-0.2, 0) is 4.74 Å². The maximum absolute atomic E-state index is 5.48. The summed E-state index contributed by atoms with van der Waals surface area (Å²) in [5, 5.41) is 3.60. The topological polar surface area (TPSA) is 47.0 Å². The Labute approximate surface area is 107 Å². The van der Waals surface area contributed by atoms with Crippen LogP contribution in [0.15, 0.2) is 18.2 Å². The van der Waals surface area contributed by atoms with Gasteiger partial charge in [0.2, 0.25) is 0 Å². The first kappa shape index (κ1) is 11.2. The van der Waals surface area contributed by atoms with Crippen molar-refractivity contribution in [2.75, 3.05) is 18.5 Å². The molecule has 1 N–H and O–H groups in total. The van der Waals surface area contributed by atoms with Crippen molar-refractivity contribution >= 4 is 31.7 Å². The van der Waals surface area contributed by atoms with Crippen LogP contribution in [-0.4, -0.2) is 42.2 Å². The average Bonchev–Trinajstić information content (AvgIpc) is 2.69. The van der Waals surface area contributed by atoms with Crippen molar-refractivity contribution in [2.24, 2.45) is 0 Å². The number of aromatic nitrogens is 2. The van der Waals surface area contributed by atoms with Gasteiger partial charge < -0.3 is 0 Å². The molecule has 1 fully saturated rings. The summed E-state index contributed by atoms with van der Waals surface area (Å²) in [6.45, 7) is 1.76. The third kappa shape index (κ3) is 2.51. The second kappa shape index (κ2) is 5.17. The number of rotatable bonds is 2. The van der Waals surface area contributed by atoms with Crippen LogP contribution in [0.2, 0.25) is 0 Å². The van der Waals surface area contributed by atoms with E-state index in [-0.39, 0.29) is 15.0 Å². The Morgan fingerprint density at radius 1 is 1.24 bits per heavy atom. The number of ether oxygens (including phenoxy) is 1. The van der Waals surface area contributed by atoms with Crippen molar-refractivity contribution in [3.8, 4) is 0 Å². The van der Waals surface area contributed by atoms with Crippen LogP contribution >= 0.6 is 0 Å². The molecule has 1 aliphatic heterocycles. The van der Waals surface area contributed by atoms with E-state index in [2.05, 4.69) is 25.4 Å². The zero-order valence-electron chi connectivity index (χ0n) is 9.56. The molecule has 5 heteroatoms. The van der Waals surface area contributed by atoms with E-state index in [0.717, 1.165) is 42.8 Å². The zero-order valence-corrected chi connectivity index (χ0v) is 11.3. The second-order valence-electron chi connectivity index (χ2n) is 4.32. The Morgan fingerprint density at radius 3 is 3.24 bits per heavy atom. The van der Waals surface area contributed by atoms with E-state index < -0.39 is 0 Å². The van der Waals surface area contributed by atoms with Gasteiger partial charge in [0.05, 0.1) is 0 Å². The Bertz CT molecular complexity index is 491. The summed E-state index contributed by atoms with van der Waals surface area (Å²) in [5.74, 6) is 0. The van der Waals surface area contributed by atoms with Crippen LogP contribution in [0, 0.1) is 0 Å². The van der Waals surface area contributed by atoms with Crippen LogP contribution in [0.5, 0.6) is 0 Å².